The van der Waals surface area contributed by atoms with Crippen molar-refractivity contribution in [2.24, 2.45) is 12.9 Å². The van der Waals surface area contributed by atoms with Gasteiger partial charge >= 0.3 is 0 Å². The lowest BCUT2D eigenvalue weighted by Crippen LogP contribution is -2.30. The van der Waals surface area contributed by atoms with Crippen molar-refractivity contribution in [1.82, 2.24) is 14.4 Å². The van der Waals surface area contributed by atoms with E-state index >= 15 is 0 Å². The van der Waals surface area contributed by atoms with Crippen molar-refractivity contribution in [2.75, 3.05) is 0 Å². The lowest BCUT2D eigenvalue weighted by molar-refractivity contribution is 0.581. The Morgan fingerprint density at radius 3 is 2.73 bits per heavy atom. The van der Waals surface area contributed by atoms with E-state index in [1.165, 1.54) is 17.1 Å². The Kier molecular flexibility index (Phi) is 1.94. The molecule has 3 N–H and O–H groups in total. The van der Waals surface area contributed by atoms with Crippen molar-refractivity contribution >= 4 is 10.0 Å². The van der Waals surface area contributed by atoms with Crippen molar-refractivity contribution in [3.05, 3.63) is 12.5 Å². The number of imidazole rings is 1. The molecular weight excluding hydrogens is 168 g/mol. The summed E-state index contributed by atoms with van der Waals surface area (Å²) in [6.45, 7) is 0. The van der Waals surface area contributed by atoms with Gasteiger partial charge < -0.3 is 4.57 Å². The topological polar surface area (TPSA) is 90.0 Å². The second kappa shape index (κ2) is 2.61. The van der Waals surface area contributed by atoms with Gasteiger partial charge in [0, 0.05) is 13.2 Å². The SMILES string of the molecule is Cn1cnc(S(=O)(=O)NN)c1. The first-order valence-corrected chi connectivity index (χ1v) is 4.25. The third kappa shape index (κ3) is 1.56. The largest absolute Gasteiger partial charge is 0.339 e. The molecule has 0 atom stereocenters. The first kappa shape index (κ1) is 8.18. The number of aryl methyl sites for hydroxylation is 1. The van der Waals surface area contributed by atoms with Gasteiger partial charge in [-0.1, -0.05) is 0 Å². The van der Waals surface area contributed by atoms with Gasteiger partial charge in [0.05, 0.1) is 6.33 Å². The molecule has 0 fully saturated rings. The second-order valence-corrected chi connectivity index (χ2v) is 3.66. The summed E-state index contributed by atoms with van der Waals surface area (Å²) in [5.41, 5.74) is 0. The maximum Gasteiger partial charge on any atom is 0.272 e. The lowest BCUT2D eigenvalue weighted by atomic mass is 10.9. The van der Waals surface area contributed by atoms with E-state index in [2.05, 4.69) is 4.98 Å². The lowest BCUT2D eigenvalue weighted by Gasteiger charge is -1.94. The van der Waals surface area contributed by atoms with E-state index in [9.17, 15) is 8.42 Å². The summed E-state index contributed by atoms with van der Waals surface area (Å²) < 4.78 is 23.3. The molecule has 0 saturated heterocycles. The molecule has 1 aromatic heterocycles. The molecule has 0 unspecified atom stereocenters. The van der Waals surface area contributed by atoms with Crippen molar-refractivity contribution in [1.29, 1.82) is 0 Å². The molecule has 1 heterocycles. The highest BCUT2D eigenvalue weighted by Gasteiger charge is 2.13. The second-order valence-electron chi connectivity index (χ2n) is 2.00. The fourth-order valence-electron chi connectivity index (χ4n) is 0.588. The Hall–Kier alpha value is -0.920. The van der Waals surface area contributed by atoms with Crippen molar-refractivity contribution in [2.45, 2.75) is 5.03 Å². The molecule has 0 radical (unpaired) electrons. The number of hydrogen-bond acceptors (Lipinski definition) is 4. The van der Waals surface area contributed by atoms with Gasteiger partial charge in [0.1, 0.15) is 0 Å². The number of nitrogens with zero attached hydrogens (tertiary/aromatic N) is 2. The van der Waals surface area contributed by atoms with E-state index in [1.807, 2.05) is 0 Å². The summed E-state index contributed by atoms with van der Waals surface area (Å²) in [4.78, 5) is 5.26. The molecule has 0 saturated carbocycles. The minimum Gasteiger partial charge on any atom is -0.339 e. The molecular formula is C4H8N4O2S. The number of rotatable bonds is 2. The molecule has 0 amide bonds. The quantitative estimate of drug-likeness (QED) is 0.427. The number of sulfonamides is 1. The average Bonchev–Trinajstić information content (AvgIpc) is 2.36. The Labute approximate surface area is 64.1 Å². The predicted octanol–water partition coefficient (Wildman–Crippen LogP) is -1.43. The van der Waals surface area contributed by atoms with Gasteiger partial charge in [-0.25, -0.2) is 13.4 Å². The van der Waals surface area contributed by atoms with Gasteiger partial charge in [-0.3, -0.25) is 5.84 Å². The van der Waals surface area contributed by atoms with E-state index < -0.39 is 10.0 Å². The summed E-state index contributed by atoms with van der Waals surface area (Å²) in [5, 5.41) is -0.0810. The maximum atomic E-state index is 10.9. The molecule has 7 heteroatoms. The van der Waals surface area contributed by atoms with E-state index in [0.29, 0.717) is 0 Å². The van der Waals surface area contributed by atoms with Gasteiger partial charge in [-0.15, -0.1) is 4.83 Å². The van der Waals surface area contributed by atoms with E-state index in [4.69, 9.17) is 5.84 Å². The number of nitrogens with two attached hydrogens (primary N) is 1. The van der Waals surface area contributed by atoms with Crippen LogP contribution in [0.2, 0.25) is 0 Å². The minimum absolute atomic E-state index is 0.0810. The fraction of sp³-hybridized carbons (Fsp3) is 0.250. The molecule has 0 spiro atoms. The minimum atomic E-state index is -3.58. The molecule has 6 nitrogen and oxygen atoms in total. The van der Waals surface area contributed by atoms with Crippen LogP contribution in [0.5, 0.6) is 0 Å². The number of hydrazine groups is 1. The normalized spacial score (nSPS) is 11.8. The summed E-state index contributed by atoms with van der Waals surface area (Å²) in [6.07, 6.45) is 2.74. The van der Waals surface area contributed by atoms with Crippen LogP contribution in [0.15, 0.2) is 17.6 Å². The van der Waals surface area contributed by atoms with Crippen LogP contribution in [0.1, 0.15) is 0 Å². The van der Waals surface area contributed by atoms with Crippen LogP contribution in [0.3, 0.4) is 0 Å². The number of aromatic nitrogens is 2. The third-order valence-corrected chi connectivity index (χ3v) is 2.18. The number of hydrogen-bond donors (Lipinski definition) is 2. The monoisotopic (exact) mass is 176 g/mol. The van der Waals surface area contributed by atoms with Crippen LogP contribution in [0.4, 0.5) is 0 Å². The van der Waals surface area contributed by atoms with Crippen LogP contribution in [0, 0.1) is 0 Å². The van der Waals surface area contributed by atoms with Gasteiger partial charge in [-0.2, -0.15) is 0 Å². The molecule has 11 heavy (non-hydrogen) atoms. The summed E-state index contributed by atoms with van der Waals surface area (Å²) in [6, 6.07) is 0. The fourth-order valence-corrected chi connectivity index (χ4v) is 1.20. The Bertz CT molecular complexity index is 341. The summed E-state index contributed by atoms with van der Waals surface area (Å²) in [5.74, 6) is 4.76. The van der Waals surface area contributed by atoms with Gasteiger partial charge in [0.2, 0.25) is 0 Å². The highest BCUT2D eigenvalue weighted by atomic mass is 32.2. The molecule has 0 aliphatic rings. The van der Waals surface area contributed by atoms with Crippen molar-refractivity contribution in [3.63, 3.8) is 0 Å². The van der Waals surface area contributed by atoms with Gasteiger partial charge in [0.25, 0.3) is 10.0 Å². The van der Waals surface area contributed by atoms with E-state index in [0.717, 1.165) is 0 Å². The first-order chi connectivity index (χ1) is 5.06. The van der Waals surface area contributed by atoms with Gasteiger partial charge in [-0.05, 0) is 0 Å². The van der Waals surface area contributed by atoms with Crippen LogP contribution in [-0.2, 0) is 17.1 Å². The smallest absolute Gasteiger partial charge is 0.272 e. The van der Waals surface area contributed by atoms with Crippen LogP contribution >= 0.6 is 0 Å². The molecule has 0 aromatic carbocycles. The van der Waals surface area contributed by atoms with Crippen molar-refractivity contribution in [3.8, 4) is 0 Å². The Morgan fingerprint density at radius 2 is 2.36 bits per heavy atom. The van der Waals surface area contributed by atoms with Crippen LogP contribution in [-0.4, -0.2) is 18.0 Å². The van der Waals surface area contributed by atoms with Crippen LogP contribution in [0.25, 0.3) is 0 Å². The van der Waals surface area contributed by atoms with E-state index in [-0.39, 0.29) is 5.03 Å². The zero-order valence-electron chi connectivity index (χ0n) is 5.85. The first-order valence-electron chi connectivity index (χ1n) is 2.76. The molecule has 1 rings (SSSR count). The third-order valence-electron chi connectivity index (χ3n) is 1.11. The highest BCUT2D eigenvalue weighted by Crippen LogP contribution is 2.01. The van der Waals surface area contributed by atoms with E-state index in [1.54, 1.807) is 11.9 Å². The standard InChI is InChI=1S/C4H8N4O2S/c1-8-2-4(6-3-8)11(9,10)7-5/h2-3,7H,5H2,1H3. The maximum absolute atomic E-state index is 10.9. The number of nitrogens with one attached hydrogen (secondary N) is 1. The molecule has 0 bridgehead atoms. The van der Waals surface area contributed by atoms with Crippen molar-refractivity contribution < 1.29 is 8.42 Å². The predicted molar refractivity (Wildman–Crippen MR) is 37.7 cm³/mol. The zero-order valence-corrected chi connectivity index (χ0v) is 6.67. The molecule has 0 aliphatic heterocycles. The molecule has 62 valence electrons. The Balaban J connectivity index is 3.13. The molecule has 1 aromatic rings. The van der Waals surface area contributed by atoms with Crippen LogP contribution < -0.4 is 10.7 Å². The summed E-state index contributed by atoms with van der Waals surface area (Å²) >= 11 is 0. The van der Waals surface area contributed by atoms with Gasteiger partial charge in [0.15, 0.2) is 5.03 Å². The molecule has 0 aliphatic carbocycles. The zero-order chi connectivity index (χ0) is 8.48. The Morgan fingerprint density at radius 1 is 1.73 bits per heavy atom. The highest BCUT2D eigenvalue weighted by molar-refractivity contribution is 7.89. The summed E-state index contributed by atoms with van der Waals surface area (Å²) in [7, 11) is -1.91. The average molecular weight is 176 g/mol.